The molecule has 2 radical (unpaired) electrons. The SMILES string of the molecule is [B]N(CCCOC)CC[C@H](C)NC(=C)Nc1c(C)c(-c2ccc(OC)nc2)nn1C. The van der Waals surface area contributed by atoms with Crippen LogP contribution in [0.3, 0.4) is 0 Å². The third-order valence-corrected chi connectivity index (χ3v) is 4.84. The Bertz CT molecular complexity index is 809. The van der Waals surface area contributed by atoms with Gasteiger partial charge in [0.05, 0.1) is 18.6 Å². The van der Waals surface area contributed by atoms with Crippen LogP contribution in [0.4, 0.5) is 5.82 Å². The lowest BCUT2D eigenvalue weighted by Crippen LogP contribution is -2.33. The largest absolute Gasteiger partial charge is 0.481 e. The number of hydrogen-bond acceptors (Lipinski definition) is 7. The summed E-state index contributed by atoms with van der Waals surface area (Å²) in [6.07, 6.45) is 3.59. The van der Waals surface area contributed by atoms with E-state index in [1.807, 2.05) is 35.6 Å². The van der Waals surface area contributed by atoms with Crippen molar-refractivity contribution in [3.63, 3.8) is 0 Å². The van der Waals surface area contributed by atoms with Crippen molar-refractivity contribution in [3.05, 3.63) is 36.3 Å². The maximum atomic E-state index is 6.02. The lowest BCUT2D eigenvalue weighted by Gasteiger charge is -2.22. The van der Waals surface area contributed by atoms with Gasteiger partial charge in [-0.2, -0.15) is 5.10 Å². The molecule has 30 heavy (non-hydrogen) atoms. The molecule has 0 saturated heterocycles. The smallest absolute Gasteiger partial charge is 0.212 e. The molecule has 0 saturated carbocycles. The molecule has 2 N–H and O–H groups in total. The van der Waals surface area contributed by atoms with Crippen LogP contribution in [0.5, 0.6) is 5.88 Å². The predicted octanol–water partition coefficient (Wildman–Crippen LogP) is 2.47. The fraction of sp³-hybridized carbons (Fsp3) is 0.524. The highest BCUT2D eigenvalue weighted by Gasteiger charge is 2.15. The standard InChI is InChI=1S/C21H33BN6O2/c1-15(10-12-28(22)11-7-13-29-5)24-17(3)25-21-16(2)20(26-27(21)4)18-8-9-19(30-6)23-14-18/h8-9,14-15,24-25H,3,7,10-13H2,1-2,4-6H3/t15-/m0/s1. The first-order valence-electron chi connectivity index (χ1n) is 10.1. The molecule has 162 valence electrons. The van der Waals surface area contributed by atoms with Crippen LogP contribution in [0.2, 0.25) is 0 Å². The highest BCUT2D eigenvalue weighted by Crippen LogP contribution is 2.28. The summed E-state index contributed by atoms with van der Waals surface area (Å²) in [5.74, 6) is 2.17. The summed E-state index contributed by atoms with van der Waals surface area (Å²) in [4.78, 5) is 6.10. The molecule has 0 fully saturated rings. The quantitative estimate of drug-likeness (QED) is 0.387. The van der Waals surface area contributed by atoms with E-state index < -0.39 is 0 Å². The molecular weight excluding hydrogens is 379 g/mol. The zero-order valence-electron chi connectivity index (χ0n) is 18.7. The van der Waals surface area contributed by atoms with Gasteiger partial charge in [-0.25, -0.2) is 4.98 Å². The highest BCUT2D eigenvalue weighted by molar-refractivity contribution is 6.04. The fourth-order valence-corrected chi connectivity index (χ4v) is 3.15. The Kier molecular flexibility index (Phi) is 9.20. The van der Waals surface area contributed by atoms with Crippen LogP contribution in [0.1, 0.15) is 25.3 Å². The monoisotopic (exact) mass is 412 g/mol. The highest BCUT2D eigenvalue weighted by atomic mass is 16.5. The summed E-state index contributed by atoms with van der Waals surface area (Å²) in [6.45, 7) is 10.6. The summed E-state index contributed by atoms with van der Waals surface area (Å²) in [6, 6.07) is 4.00. The first kappa shape index (κ1) is 23.8. The molecule has 2 aromatic heterocycles. The first-order chi connectivity index (χ1) is 14.3. The second-order valence-electron chi connectivity index (χ2n) is 7.35. The Hall–Kier alpha value is -2.52. The molecule has 0 bridgehead atoms. The molecule has 2 heterocycles. The summed E-state index contributed by atoms with van der Waals surface area (Å²) in [5.41, 5.74) is 2.82. The molecule has 2 rings (SSSR count). The number of anilines is 1. The van der Waals surface area contributed by atoms with Crippen molar-refractivity contribution >= 4 is 13.8 Å². The molecule has 0 aromatic carbocycles. The normalized spacial score (nSPS) is 12.1. The van der Waals surface area contributed by atoms with Gasteiger partial charge in [0, 0.05) is 50.2 Å². The van der Waals surface area contributed by atoms with Crippen LogP contribution in [0.25, 0.3) is 11.3 Å². The molecular formula is C21H33BN6O2. The van der Waals surface area contributed by atoms with Crippen LogP contribution >= 0.6 is 0 Å². The van der Waals surface area contributed by atoms with Gasteiger partial charge in [0.15, 0.2) is 7.98 Å². The third-order valence-electron chi connectivity index (χ3n) is 4.84. The maximum absolute atomic E-state index is 6.02. The Balaban J connectivity index is 1.91. The second-order valence-corrected chi connectivity index (χ2v) is 7.35. The number of rotatable bonds is 13. The maximum Gasteiger partial charge on any atom is 0.212 e. The number of methoxy groups -OCH3 is 2. The van der Waals surface area contributed by atoms with Gasteiger partial charge < -0.3 is 24.9 Å². The van der Waals surface area contributed by atoms with E-state index in [9.17, 15) is 0 Å². The van der Waals surface area contributed by atoms with Crippen molar-refractivity contribution in [3.8, 4) is 17.1 Å². The van der Waals surface area contributed by atoms with Gasteiger partial charge in [-0.3, -0.25) is 4.68 Å². The van der Waals surface area contributed by atoms with Gasteiger partial charge in [-0.05, 0) is 45.8 Å². The average Bonchev–Trinajstić information content (AvgIpc) is 3.00. The number of pyridine rings is 1. The van der Waals surface area contributed by atoms with Gasteiger partial charge in [0.25, 0.3) is 0 Å². The number of ether oxygens (including phenoxy) is 2. The van der Waals surface area contributed by atoms with Crippen molar-refractivity contribution in [2.45, 2.75) is 32.7 Å². The molecule has 1 atom stereocenters. The molecule has 0 aliphatic rings. The Morgan fingerprint density at radius 3 is 2.73 bits per heavy atom. The van der Waals surface area contributed by atoms with Gasteiger partial charge in [0.1, 0.15) is 5.82 Å². The molecule has 8 nitrogen and oxygen atoms in total. The minimum Gasteiger partial charge on any atom is -0.481 e. The summed E-state index contributed by atoms with van der Waals surface area (Å²) in [7, 11) is 11.2. The van der Waals surface area contributed by atoms with Crippen molar-refractivity contribution < 1.29 is 9.47 Å². The topological polar surface area (TPSA) is 76.5 Å². The Morgan fingerprint density at radius 1 is 1.33 bits per heavy atom. The van der Waals surface area contributed by atoms with E-state index >= 15 is 0 Å². The van der Waals surface area contributed by atoms with E-state index in [0.29, 0.717) is 5.88 Å². The lowest BCUT2D eigenvalue weighted by molar-refractivity contribution is 0.187. The molecule has 0 aliphatic heterocycles. The average molecular weight is 412 g/mol. The van der Waals surface area contributed by atoms with E-state index in [1.54, 1.807) is 20.4 Å². The van der Waals surface area contributed by atoms with Crippen molar-refractivity contribution in [2.24, 2.45) is 7.05 Å². The minimum absolute atomic E-state index is 0.220. The van der Waals surface area contributed by atoms with Gasteiger partial charge in [0.2, 0.25) is 5.88 Å². The number of aryl methyl sites for hydroxylation is 1. The van der Waals surface area contributed by atoms with Crippen LogP contribution in [-0.2, 0) is 11.8 Å². The number of nitrogens with one attached hydrogen (secondary N) is 2. The second kappa shape index (κ2) is 11.6. The zero-order chi connectivity index (χ0) is 22.1. The van der Waals surface area contributed by atoms with Crippen LogP contribution in [0.15, 0.2) is 30.7 Å². The molecule has 0 unspecified atom stereocenters. The summed E-state index contributed by atoms with van der Waals surface area (Å²) < 4.78 is 12.0. The van der Waals surface area contributed by atoms with Crippen LogP contribution in [0, 0.1) is 6.92 Å². The van der Waals surface area contributed by atoms with E-state index in [2.05, 4.69) is 34.2 Å². The molecule has 9 heteroatoms. The van der Waals surface area contributed by atoms with E-state index in [0.717, 1.165) is 61.0 Å². The number of aromatic nitrogens is 3. The van der Waals surface area contributed by atoms with Gasteiger partial charge in [-0.1, -0.05) is 6.58 Å². The Morgan fingerprint density at radius 2 is 2.10 bits per heavy atom. The van der Waals surface area contributed by atoms with Crippen molar-refractivity contribution in [2.75, 3.05) is 39.2 Å². The van der Waals surface area contributed by atoms with Crippen LogP contribution < -0.4 is 15.4 Å². The van der Waals surface area contributed by atoms with E-state index in [4.69, 9.17) is 17.5 Å². The molecule has 2 aromatic rings. The lowest BCUT2D eigenvalue weighted by atomic mass is 10.1. The Labute approximate surface area is 181 Å². The summed E-state index contributed by atoms with van der Waals surface area (Å²) in [5, 5.41) is 11.4. The zero-order valence-corrected chi connectivity index (χ0v) is 18.7. The third kappa shape index (κ3) is 6.78. The van der Waals surface area contributed by atoms with Gasteiger partial charge >= 0.3 is 0 Å². The first-order valence-corrected chi connectivity index (χ1v) is 10.1. The summed E-state index contributed by atoms with van der Waals surface area (Å²) >= 11 is 0. The molecule has 0 aliphatic carbocycles. The predicted molar refractivity (Wildman–Crippen MR) is 122 cm³/mol. The van der Waals surface area contributed by atoms with Gasteiger partial charge in [-0.15, -0.1) is 0 Å². The minimum atomic E-state index is 0.220. The van der Waals surface area contributed by atoms with E-state index in [1.165, 1.54) is 0 Å². The fourth-order valence-electron chi connectivity index (χ4n) is 3.15. The number of nitrogens with zero attached hydrogens (tertiary/aromatic N) is 4. The molecule has 0 amide bonds. The molecule has 0 spiro atoms. The van der Waals surface area contributed by atoms with E-state index in [-0.39, 0.29) is 6.04 Å². The van der Waals surface area contributed by atoms with Crippen LogP contribution in [-0.4, -0.2) is 67.5 Å². The van der Waals surface area contributed by atoms with Crippen molar-refractivity contribution in [1.82, 2.24) is 24.9 Å². The number of hydrogen-bond donors (Lipinski definition) is 2. The van der Waals surface area contributed by atoms with Crippen molar-refractivity contribution in [1.29, 1.82) is 0 Å².